The molecule has 0 unspecified atom stereocenters. The zero-order chi connectivity index (χ0) is 17.1. The summed E-state index contributed by atoms with van der Waals surface area (Å²) in [6, 6.07) is 14.8. The van der Waals surface area contributed by atoms with Gasteiger partial charge in [-0.3, -0.25) is 10.1 Å². The van der Waals surface area contributed by atoms with Crippen molar-refractivity contribution in [3.05, 3.63) is 69.9 Å². The highest BCUT2D eigenvalue weighted by molar-refractivity contribution is 5.87. The van der Waals surface area contributed by atoms with Gasteiger partial charge in [0.25, 0.3) is 5.69 Å². The highest BCUT2D eigenvalue weighted by atomic mass is 16.6. The van der Waals surface area contributed by atoms with Gasteiger partial charge >= 0.3 is 0 Å². The van der Waals surface area contributed by atoms with Gasteiger partial charge in [0, 0.05) is 24.2 Å². The van der Waals surface area contributed by atoms with E-state index in [1.807, 2.05) is 47.2 Å². The van der Waals surface area contributed by atoms with E-state index < -0.39 is 4.92 Å². The molecule has 0 fully saturated rings. The number of ether oxygens (including phenoxy) is 1. The Hall–Kier alpha value is -3.33. The van der Waals surface area contributed by atoms with Gasteiger partial charge in [-0.15, -0.1) is 0 Å². The second kappa shape index (κ2) is 6.42. The lowest BCUT2D eigenvalue weighted by Gasteiger charge is -2.10. The third kappa shape index (κ3) is 2.79. The molecular formula is C18H15N3O3. The summed E-state index contributed by atoms with van der Waals surface area (Å²) in [5, 5.41) is 21.2. The van der Waals surface area contributed by atoms with Crippen LogP contribution in [0.2, 0.25) is 0 Å². The Morgan fingerprint density at radius 2 is 1.96 bits per heavy atom. The van der Waals surface area contributed by atoms with Crippen LogP contribution in [0.3, 0.4) is 0 Å². The molecule has 0 radical (unpaired) electrons. The molecule has 3 rings (SSSR count). The normalized spacial score (nSPS) is 10.5. The fourth-order valence-corrected chi connectivity index (χ4v) is 2.85. The molecule has 0 amide bonds. The van der Waals surface area contributed by atoms with E-state index in [4.69, 9.17) is 10.00 Å². The average molecular weight is 321 g/mol. The molecule has 24 heavy (non-hydrogen) atoms. The van der Waals surface area contributed by atoms with Crippen LogP contribution in [0, 0.1) is 21.4 Å². The van der Waals surface area contributed by atoms with Crippen molar-refractivity contribution in [2.24, 2.45) is 0 Å². The monoisotopic (exact) mass is 321 g/mol. The number of rotatable bonds is 5. The second-order valence-electron chi connectivity index (χ2n) is 5.38. The van der Waals surface area contributed by atoms with Crippen molar-refractivity contribution in [2.75, 3.05) is 7.11 Å². The first-order valence-corrected chi connectivity index (χ1v) is 7.39. The lowest BCUT2D eigenvalue weighted by atomic mass is 10.1. The molecule has 0 bridgehead atoms. The van der Waals surface area contributed by atoms with Gasteiger partial charge in [0.1, 0.15) is 5.75 Å². The van der Waals surface area contributed by atoms with Crippen molar-refractivity contribution in [1.29, 1.82) is 5.26 Å². The number of fused-ring (bicyclic) bond motifs is 1. The number of nitrogens with zero attached hydrogens (tertiary/aromatic N) is 3. The lowest BCUT2D eigenvalue weighted by Crippen LogP contribution is -2.03. The summed E-state index contributed by atoms with van der Waals surface area (Å²) in [6.07, 6.45) is 1.89. The van der Waals surface area contributed by atoms with Crippen molar-refractivity contribution in [1.82, 2.24) is 4.57 Å². The minimum absolute atomic E-state index is 0.000277. The number of aromatic nitrogens is 1. The van der Waals surface area contributed by atoms with Crippen LogP contribution in [0.4, 0.5) is 5.69 Å². The topological polar surface area (TPSA) is 81.1 Å². The Balaban J connectivity index is 2.09. The number of nitriles is 1. The highest BCUT2D eigenvalue weighted by Crippen LogP contribution is 2.30. The summed E-state index contributed by atoms with van der Waals surface area (Å²) < 4.78 is 7.09. The first-order valence-electron chi connectivity index (χ1n) is 7.39. The molecule has 3 aromatic rings. The van der Waals surface area contributed by atoms with E-state index in [-0.39, 0.29) is 12.1 Å². The van der Waals surface area contributed by atoms with E-state index in [2.05, 4.69) is 0 Å². The van der Waals surface area contributed by atoms with E-state index in [9.17, 15) is 10.1 Å². The summed E-state index contributed by atoms with van der Waals surface area (Å²) >= 11 is 0. The van der Waals surface area contributed by atoms with Gasteiger partial charge in [-0.1, -0.05) is 12.1 Å². The van der Waals surface area contributed by atoms with E-state index in [0.717, 1.165) is 22.2 Å². The van der Waals surface area contributed by atoms with Gasteiger partial charge in [-0.25, -0.2) is 0 Å². The third-order valence-electron chi connectivity index (χ3n) is 3.97. The van der Waals surface area contributed by atoms with Gasteiger partial charge in [-0.05, 0) is 29.8 Å². The molecule has 2 aromatic carbocycles. The minimum Gasteiger partial charge on any atom is -0.497 e. The van der Waals surface area contributed by atoms with Gasteiger partial charge in [0.2, 0.25) is 0 Å². The van der Waals surface area contributed by atoms with Crippen molar-refractivity contribution in [3.63, 3.8) is 0 Å². The smallest absolute Gasteiger partial charge is 0.275 e. The van der Waals surface area contributed by atoms with E-state index in [0.29, 0.717) is 12.1 Å². The Labute approximate surface area is 138 Å². The van der Waals surface area contributed by atoms with Gasteiger partial charge in [-0.2, -0.15) is 5.26 Å². The Bertz CT molecular complexity index is 937. The molecule has 1 aromatic heterocycles. The van der Waals surface area contributed by atoms with Crippen LogP contribution in [0.25, 0.3) is 10.9 Å². The summed E-state index contributed by atoms with van der Waals surface area (Å²) in [5.41, 5.74) is 2.22. The molecule has 0 aliphatic heterocycles. The molecule has 6 heteroatoms. The molecule has 0 N–H and O–H groups in total. The first-order chi connectivity index (χ1) is 11.6. The number of hydrogen-bond acceptors (Lipinski definition) is 4. The Morgan fingerprint density at radius 3 is 2.58 bits per heavy atom. The zero-order valence-corrected chi connectivity index (χ0v) is 13.1. The predicted molar refractivity (Wildman–Crippen MR) is 90.0 cm³/mol. The molecule has 1 heterocycles. The quantitative estimate of drug-likeness (QED) is 0.530. The number of nitro benzene ring substituents is 1. The molecule has 0 spiro atoms. The third-order valence-corrected chi connectivity index (χ3v) is 3.97. The lowest BCUT2D eigenvalue weighted by molar-refractivity contribution is -0.385. The van der Waals surface area contributed by atoms with Crippen LogP contribution in [-0.2, 0) is 13.0 Å². The van der Waals surface area contributed by atoms with Crippen molar-refractivity contribution < 1.29 is 9.66 Å². The Morgan fingerprint density at radius 1 is 1.21 bits per heavy atom. The fraction of sp³-hybridized carbons (Fsp3) is 0.167. The van der Waals surface area contributed by atoms with Crippen LogP contribution in [-0.4, -0.2) is 16.6 Å². The summed E-state index contributed by atoms with van der Waals surface area (Å²) in [5.74, 6) is 0.775. The molecule has 120 valence electrons. The fourth-order valence-electron chi connectivity index (χ4n) is 2.85. The van der Waals surface area contributed by atoms with E-state index in [1.54, 1.807) is 13.2 Å². The largest absolute Gasteiger partial charge is 0.497 e. The van der Waals surface area contributed by atoms with E-state index >= 15 is 0 Å². The number of hydrogen-bond donors (Lipinski definition) is 0. The van der Waals surface area contributed by atoms with Crippen LogP contribution in [0.15, 0.2) is 48.7 Å². The van der Waals surface area contributed by atoms with Gasteiger partial charge in [0.05, 0.1) is 35.6 Å². The first kappa shape index (κ1) is 15.6. The minimum atomic E-state index is -0.434. The maximum Gasteiger partial charge on any atom is 0.275 e. The maximum atomic E-state index is 11.3. The molecule has 0 aliphatic rings. The van der Waals surface area contributed by atoms with Crippen LogP contribution in [0.1, 0.15) is 11.1 Å². The van der Waals surface area contributed by atoms with Gasteiger partial charge < -0.3 is 9.30 Å². The maximum absolute atomic E-state index is 11.3. The molecule has 0 aliphatic carbocycles. The van der Waals surface area contributed by atoms with Crippen molar-refractivity contribution in [3.8, 4) is 11.8 Å². The SMILES string of the molecule is COc1ccc(Cn2ccc3ccc([N+](=O)[O-])c(CC#N)c32)cc1. The summed E-state index contributed by atoms with van der Waals surface area (Å²) in [7, 11) is 1.61. The highest BCUT2D eigenvalue weighted by Gasteiger charge is 2.19. The summed E-state index contributed by atoms with van der Waals surface area (Å²) in [4.78, 5) is 10.8. The van der Waals surface area contributed by atoms with Crippen LogP contribution >= 0.6 is 0 Å². The molecule has 0 saturated heterocycles. The molecular weight excluding hydrogens is 306 g/mol. The second-order valence-corrected chi connectivity index (χ2v) is 5.38. The molecule has 6 nitrogen and oxygen atoms in total. The van der Waals surface area contributed by atoms with Gasteiger partial charge in [0.15, 0.2) is 0 Å². The number of benzene rings is 2. The molecule has 0 saturated carbocycles. The standard InChI is InChI=1S/C18H15N3O3/c1-24-15-5-2-13(3-6-15)12-20-11-9-14-4-7-17(21(22)23)16(8-10-19)18(14)20/h2-7,9,11H,8,12H2,1H3. The Kier molecular flexibility index (Phi) is 4.17. The average Bonchev–Trinajstić information content (AvgIpc) is 2.99. The summed E-state index contributed by atoms with van der Waals surface area (Å²) in [6.45, 7) is 0.563. The molecule has 0 atom stereocenters. The zero-order valence-electron chi connectivity index (χ0n) is 13.1. The van der Waals surface area contributed by atoms with Crippen molar-refractivity contribution >= 4 is 16.6 Å². The van der Waals surface area contributed by atoms with Crippen LogP contribution in [0.5, 0.6) is 5.75 Å². The number of nitro groups is 1. The van der Waals surface area contributed by atoms with E-state index in [1.165, 1.54) is 6.07 Å². The van der Waals surface area contributed by atoms with Crippen molar-refractivity contribution in [2.45, 2.75) is 13.0 Å². The van der Waals surface area contributed by atoms with Crippen LogP contribution < -0.4 is 4.74 Å². The number of methoxy groups -OCH3 is 1. The predicted octanol–water partition coefficient (Wildman–Crippen LogP) is 3.67.